The number of rotatable bonds is 7. The minimum atomic E-state index is 0.809. The Morgan fingerprint density at radius 3 is 2.84 bits per heavy atom. The smallest absolute Gasteiger partial charge is 0.122 e. The highest BCUT2D eigenvalue weighted by molar-refractivity contribution is 7.16. The lowest BCUT2D eigenvalue weighted by Crippen LogP contribution is -2.18. The molecule has 0 saturated heterocycles. The molecule has 2 aromatic heterocycles. The van der Waals surface area contributed by atoms with Gasteiger partial charge in [0.2, 0.25) is 0 Å². The quantitative estimate of drug-likeness (QED) is 0.844. The molecule has 2 aromatic rings. The molecule has 0 spiro atoms. The third-order valence-corrected chi connectivity index (χ3v) is 4.09. The molecule has 0 saturated carbocycles. The van der Waals surface area contributed by atoms with Crippen molar-refractivity contribution in [2.45, 2.75) is 26.6 Å². The number of nitrogens with one attached hydrogen (secondary N) is 1. The normalized spacial score (nSPS) is 11.4. The van der Waals surface area contributed by atoms with Crippen molar-refractivity contribution in [3.8, 4) is 0 Å². The molecule has 104 valence electrons. The van der Waals surface area contributed by atoms with Crippen molar-refractivity contribution in [3.63, 3.8) is 0 Å². The van der Waals surface area contributed by atoms with Crippen LogP contribution in [0.5, 0.6) is 0 Å². The molecule has 19 heavy (non-hydrogen) atoms. The first kappa shape index (κ1) is 14.6. The van der Waals surface area contributed by atoms with Gasteiger partial charge in [0.25, 0.3) is 0 Å². The molecule has 0 aliphatic heterocycles. The monoisotopic (exact) mass is 298 g/mol. The maximum absolute atomic E-state index is 5.94. The Morgan fingerprint density at radius 2 is 2.16 bits per heavy atom. The van der Waals surface area contributed by atoms with E-state index in [1.54, 1.807) is 17.6 Å². The molecule has 0 unspecified atom stereocenters. The van der Waals surface area contributed by atoms with E-state index in [1.165, 1.54) is 10.4 Å². The average molecular weight is 299 g/mol. The summed E-state index contributed by atoms with van der Waals surface area (Å²) in [5.74, 6) is 1.03. The van der Waals surface area contributed by atoms with Crippen molar-refractivity contribution in [2.75, 3.05) is 13.6 Å². The van der Waals surface area contributed by atoms with Crippen molar-refractivity contribution in [1.29, 1.82) is 0 Å². The van der Waals surface area contributed by atoms with E-state index in [9.17, 15) is 0 Å². The van der Waals surface area contributed by atoms with E-state index in [-0.39, 0.29) is 0 Å². The number of nitrogens with zero attached hydrogens (tertiary/aromatic N) is 1. The summed E-state index contributed by atoms with van der Waals surface area (Å²) in [5, 5.41) is 3.32. The van der Waals surface area contributed by atoms with Crippen LogP contribution in [0, 0.1) is 0 Å². The van der Waals surface area contributed by atoms with Gasteiger partial charge in [0.15, 0.2) is 0 Å². The Kier molecular flexibility index (Phi) is 5.45. The van der Waals surface area contributed by atoms with E-state index in [4.69, 9.17) is 16.0 Å². The van der Waals surface area contributed by atoms with Gasteiger partial charge in [-0.3, -0.25) is 4.90 Å². The molecule has 1 N–H and O–H groups in total. The predicted octanol–water partition coefficient (Wildman–Crippen LogP) is 3.74. The summed E-state index contributed by atoms with van der Waals surface area (Å²) in [6, 6.07) is 6.05. The lowest BCUT2D eigenvalue weighted by Gasteiger charge is -2.15. The third kappa shape index (κ3) is 4.35. The van der Waals surface area contributed by atoms with Gasteiger partial charge in [-0.25, -0.2) is 0 Å². The lowest BCUT2D eigenvalue weighted by molar-refractivity contribution is 0.288. The fraction of sp³-hybridized carbons (Fsp3) is 0.429. The Bertz CT molecular complexity index is 509. The van der Waals surface area contributed by atoms with Crippen LogP contribution in [0.25, 0.3) is 0 Å². The summed E-state index contributed by atoms with van der Waals surface area (Å²) in [7, 11) is 2.09. The molecule has 0 aliphatic rings. The Morgan fingerprint density at radius 1 is 1.32 bits per heavy atom. The molecule has 3 nitrogen and oxygen atoms in total. The molecular formula is C14H19ClN2OS. The van der Waals surface area contributed by atoms with E-state index in [2.05, 4.69) is 30.3 Å². The number of halogens is 1. The van der Waals surface area contributed by atoms with E-state index in [1.807, 2.05) is 12.1 Å². The summed E-state index contributed by atoms with van der Waals surface area (Å²) < 4.78 is 6.41. The maximum atomic E-state index is 5.94. The summed E-state index contributed by atoms with van der Waals surface area (Å²) in [6.45, 7) is 5.63. The number of hydrogen-bond acceptors (Lipinski definition) is 4. The van der Waals surface area contributed by atoms with Gasteiger partial charge in [-0.2, -0.15) is 0 Å². The lowest BCUT2D eigenvalue weighted by atomic mass is 10.2. The second-order valence-corrected chi connectivity index (χ2v) is 6.33. The zero-order valence-corrected chi connectivity index (χ0v) is 12.9. The predicted molar refractivity (Wildman–Crippen MR) is 80.6 cm³/mol. The summed E-state index contributed by atoms with van der Waals surface area (Å²) in [6.07, 6.45) is 1.76. The van der Waals surface area contributed by atoms with Crippen LogP contribution in [0.2, 0.25) is 4.34 Å². The molecule has 2 heterocycles. The van der Waals surface area contributed by atoms with Crippen molar-refractivity contribution in [1.82, 2.24) is 10.2 Å². The summed E-state index contributed by atoms with van der Waals surface area (Å²) in [5.41, 5.74) is 1.23. The van der Waals surface area contributed by atoms with E-state index >= 15 is 0 Å². The van der Waals surface area contributed by atoms with Crippen molar-refractivity contribution in [3.05, 3.63) is 45.0 Å². The van der Waals surface area contributed by atoms with Crippen molar-refractivity contribution >= 4 is 22.9 Å². The van der Waals surface area contributed by atoms with Gasteiger partial charge < -0.3 is 9.73 Å². The summed E-state index contributed by atoms with van der Waals surface area (Å²) in [4.78, 5) is 3.50. The van der Waals surface area contributed by atoms with Crippen molar-refractivity contribution < 1.29 is 4.42 Å². The molecule has 0 radical (unpaired) electrons. The fourth-order valence-corrected chi connectivity index (χ4v) is 3.09. The Labute approximate surface area is 123 Å². The van der Waals surface area contributed by atoms with Gasteiger partial charge in [0, 0.05) is 23.5 Å². The molecule has 0 bridgehead atoms. The van der Waals surface area contributed by atoms with Crippen LogP contribution in [0.15, 0.2) is 28.9 Å². The van der Waals surface area contributed by atoms with Crippen LogP contribution < -0.4 is 5.32 Å². The fourth-order valence-electron chi connectivity index (χ4n) is 1.93. The third-order valence-electron chi connectivity index (χ3n) is 2.87. The average Bonchev–Trinajstić information content (AvgIpc) is 2.96. The van der Waals surface area contributed by atoms with Crippen molar-refractivity contribution in [2.24, 2.45) is 0 Å². The first-order valence-corrected chi connectivity index (χ1v) is 7.57. The highest BCUT2D eigenvalue weighted by Crippen LogP contribution is 2.23. The SMILES string of the molecule is CCNCc1ccoc1CN(C)Cc1ccc(Cl)s1. The van der Waals surface area contributed by atoms with Gasteiger partial charge in [-0.05, 0) is 31.8 Å². The molecule has 2 rings (SSSR count). The minimum absolute atomic E-state index is 0.809. The molecular weight excluding hydrogens is 280 g/mol. The zero-order valence-electron chi connectivity index (χ0n) is 11.3. The van der Waals surface area contributed by atoms with Gasteiger partial charge in [0.05, 0.1) is 17.1 Å². The van der Waals surface area contributed by atoms with E-state index in [0.29, 0.717) is 0 Å². The van der Waals surface area contributed by atoms with Gasteiger partial charge in [0.1, 0.15) is 5.76 Å². The van der Waals surface area contributed by atoms with Crippen LogP contribution in [0.4, 0.5) is 0 Å². The largest absolute Gasteiger partial charge is 0.468 e. The first-order valence-electron chi connectivity index (χ1n) is 6.37. The van der Waals surface area contributed by atoms with E-state index in [0.717, 1.165) is 36.3 Å². The molecule has 0 atom stereocenters. The minimum Gasteiger partial charge on any atom is -0.468 e. The zero-order chi connectivity index (χ0) is 13.7. The molecule has 0 aliphatic carbocycles. The van der Waals surface area contributed by atoms with Crippen LogP contribution >= 0.6 is 22.9 Å². The van der Waals surface area contributed by atoms with Crippen LogP contribution in [0.1, 0.15) is 23.1 Å². The first-order chi connectivity index (χ1) is 9.19. The maximum Gasteiger partial charge on any atom is 0.122 e. The number of hydrogen-bond donors (Lipinski definition) is 1. The number of thiophene rings is 1. The Hall–Kier alpha value is -0.810. The molecule has 0 fully saturated rings. The summed E-state index contributed by atoms with van der Waals surface area (Å²) >= 11 is 7.57. The topological polar surface area (TPSA) is 28.4 Å². The number of furan rings is 1. The van der Waals surface area contributed by atoms with Crippen LogP contribution in [-0.2, 0) is 19.6 Å². The standard InChI is InChI=1S/C14H19ClN2OS/c1-3-16-8-11-6-7-18-13(11)10-17(2)9-12-4-5-14(15)19-12/h4-7,16H,3,8-10H2,1-2H3. The van der Waals surface area contributed by atoms with Crippen LogP contribution in [0.3, 0.4) is 0 Å². The molecule has 0 aromatic carbocycles. The van der Waals surface area contributed by atoms with E-state index < -0.39 is 0 Å². The molecule has 0 amide bonds. The molecule has 5 heteroatoms. The van der Waals surface area contributed by atoms with Gasteiger partial charge in [-0.15, -0.1) is 11.3 Å². The van der Waals surface area contributed by atoms with Gasteiger partial charge >= 0.3 is 0 Å². The second-order valence-electron chi connectivity index (χ2n) is 4.53. The highest BCUT2D eigenvalue weighted by atomic mass is 35.5. The van der Waals surface area contributed by atoms with Gasteiger partial charge in [-0.1, -0.05) is 18.5 Å². The van der Waals surface area contributed by atoms with Crippen LogP contribution in [-0.4, -0.2) is 18.5 Å². The Balaban J connectivity index is 1.91. The highest BCUT2D eigenvalue weighted by Gasteiger charge is 2.10. The second kappa shape index (κ2) is 7.10.